The molecule has 2 aliphatic rings. The van der Waals surface area contributed by atoms with E-state index in [9.17, 15) is 9.59 Å². The monoisotopic (exact) mass is 539 g/mol. The number of anilines is 1. The Morgan fingerprint density at radius 1 is 1.18 bits per heavy atom. The third-order valence-electron chi connectivity index (χ3n) is 5.65. The van der Waals surface area contributed by atoms with Crippen LogP contribution >= 0.6 is 46.6 Å². The maximum atomic E-state index is 13.3. The Balaban J connectivity index is 1.53. The Bertz CT molecular complexity index is 1150. The van der Waals surface area contributed by atoms with Crippen molar-refractivity contribution in [2.24, 2.45) is 4.99 Å². The number of nitrogens with zero attached hydrogens (tertiary/aromatic N) is 2. The summed E-state index contributed by atoms with van der Waals surface area (Å²) in [4.78, 5) is 32.5. The number of hydrogen-bond donors (Lipinski definition) is 1. The summed E-state index contributed by atoms with van der Waals surface area (Å²) < 4.78 is 5.76. The average molecular weight is 541 g/mol. The second-order valence-electron chi connectivity index (χ2n) is 8.37. The quantitative estimate of drug-likeness (QED) is 0.430. The molecule has 180 valence electrons. The number of hydrogen-bond acceptors (Lipinski definition) is 5. The summed E-state index contributed by atoms with van der Waals surface area (Å²) in [5.41, 5.74) is 3.30. The zero-order valence-corrected chi connectivity index (χ0v) is 21.8. The third kappa shape index (κ3) is 5.89. The second kappa shape index (κ2) is 10.9. The number of amides is 2. The van der Waals surface area contributed by atoms with Crippen LogP contribution in [0.5, 0.6) is 0 Å². The van der Waals surface area contributed by atoms with Crippen LogP contribution in [-0.4, -0.2) is 46.4 Å². The normalized spacial score (nSPS) is 21.5. The number of benzene rings is 2. The minimum atomic E-state index is -0.604. The highest BCUT2D eigenvalue weighted by Gasteiger charge is 2.40. The molecule has 2 atom stereocenters. The molecule has 34 heavy (non-hydrogen) atoms. The number of carbonyl (C=O) groups is 2. The summed E-state index contributed by atoms with van der Waals surface area (Å²) in [7, 11) is 0. The van der Waals surface area contributed by atoms with E-state index in [1.54, 1.807) is 4.90 Å². The van der Waals surface area contributed by atoms with E-state index in [-0.39, 0.29) is 34.4 Å². The first-order valence-corrected chi connectivity index (χ1v) is 12.9. The van der Waals surface area contributed by atoms with Crippen LogP contribution in [0.15, 0.2) is 35.3 Å². The van der Waals surface area contributed by atoms with Crippen LogP contribution in [0.3, 0.4) is 0 Å². The van der Waals surface area contributed by atoms with Crippen LogP contribution < -0.4 is 5.32 Å². The van der Waals surface area contributed by atoms with Gasteiger partial charge in [-0.25, -0.2) is 4.99 Å². The number of thioether (sulfide) groups is 1. The fourth-order valence-electron chi connectivity index (χ4n) is 3.91. The molecule has 2 amide bonds. The van der Waals surface area contributed by atoms with E-state index in [2.05, 4.69) is 11.4 Å². The molecule has 0 radical (unpaired) electrons. The van der Waals surface area contributed by atoms with Gasteiger partial charge in [-0.3, -0.25) is 14.5 Å². The minimum Gasteiger partial charge on any atom is -0.376 e. The highest BCUT2D eigenvalue weighted by molar-refractivity contribution is 8.15. The van der Waals surface area contributed by atoms with Gasteiger partial charge in [0.2, 0.25) is 11.8 Å². The van der Waals surface area contributed by atoms with Crippen molar-refractivity contribution in [2.45, 2.75) is 44.5 Å². The first kappa shape index (κ1) is 25.3. The van der Waals surface area contributed by atoms with Gasteiger partial charge in [0.1, 0.15) is 5.25 Å². The topological polar surface area (TPSA) is 71.0 Å². The van der Waals surface area contributed by atoms with Crippen molar-refractivity contribution in [2.75, 3.05) is 18.5 Å². The molecule has 1 N–H and O–H groups in total. The van der Waals surface area contributed by atoms with Crippen molar-refractivity contribution in [1.82, 2.24) is 4.90 Å². The largest absolute Gasteiger partial charge is 0.376 e. The van der Waals surface area contributed by atoms with E-state index in [1.807, 2.05) is 26.0 Å². The van der Waals surface area contributed by atoms with E-state index in [0.29, 0.717) is 29.0 Å². The lowest BCUT2D eigenvalue weighted by Gasteiger charge is -2.20. The number of ether oxygens (including phenoxy) is 1. The minimum absolute atomic E-state index is 0.0311. The number of amidine groups is 1. The fourth-order valence-corrected chi connectivity index (χ4v) is 5.66. The Kier molecular flexibility index (Phi) is 8.10. The zero-order valence-electron chi connectivity index (χ0n) is 18.7. The van der Waals surface area contributed by atoms with Gasteiger partial charge < -0.3 is 10.1 Å². The van der Waals surface area contributed by atoms with Crippen molar-refractivity contribution in [3.8, 4) is 0 Å². The smallest absolute Gasteiger partial charge is 0.242 e. The van der Waals surface area contributed by atoms with Crippen molar-refractivity contribution in [1.29, 1.82) is 0 Å². The molecular weight excluding hydrogens is 517 g/mol. The van der Waals surface area contributed by atoms with Crippen LogP contribution in [0.2, 0.25) is 15.1 Å². The molecule has 2 aromatic carbocycles. The number of aliphatic imine (C=N–C) groups is 1. The third-order valence-corrected chi connectivity index (χ3v) is 7.86. The van der Waals surface area contributed by atoms with Crippen LogP contribution in [-0.2, 0) is 14.3 Å². The molecule has 0 bridgehead atoms. The number of aryl methyl sites for hydroxylation is 2. The molecule has 0 spiro atoms. The lowest BCUT2D eigenvalue weighted by molar-refractivity contribution is -0.129. The molecule has 0 aliphatic carbocycles. The van der Waals surface area contributed by atoms with Crippen molar-refractivity contribution < 1.29 is 14.3 Å². The summed E-state index contributed by atoms with van der Waals surface area (Å²) in [5, 5.41) is 3.55. The van der Waals surface area contributed by atoms with E-state index < -0.39 is 5.25 Å². The molecule has 2 aliphatic heterocycles. The van der Waals surface area contributed by atoms with Gasteiger partial charge in [0, 0.05) is 13.0 Å². The lowest BCUT2D eigenvalue weighted by Crippen LogP contribution is -2.38. The standard InChI is InChI=1S/C24H24Cl3N3O3S/c1-13-5-6-19(14(2)8-13)29-24-30(12-15-4-3-7-33-15)23(32)21(34-24)11-22(31)28-20-10-17(26)16(25)9-18(20)27/h5-6,8-10,15,21H,3-4,7,11-12H2,1-2H3,(H,28,31)/t15-,21-/m0/s1. The fraction of sp³-hybridized carbons (Fsp3) is 0.375. The Labute approximate surface area is 218 Å². The van der Waals surface area contributed by atoms with Gasteiger partial charge >= 0.3 is 0 Å². The summed E-state index contributed by atoms with van der Waals surface area (Å²) in [6.45, 7) is 5.13. The summed E-state index contributed by atoms with van der Waals surface area (Å²) >= 11 is 19.5. The SMILES string of the molecule is Cc1ccc(N=C2S[C@@H](CC(=O)Nc3cc(Cl)c(Cl)cc3Cl)C(=O)N2C[C@@H]2CCCO2)c(C)c1. The molecule has 10 heteroatoms. The lowest BCUT2D eigenvalue weighted by atomic mass is 10.1. The Morgan fingerprint density at radius 3 is 2.65 bits per heavy atom. The molecule has 6 nitrogen and oxygen atoms in total. The van der Waals surface area contributed by atoms with Gasteiger partial charge in [-0.05, 0) is 50.5 Å². The van der Waals surface area contributed by atoms with Crippen molar-refractivity contribution in [3.05, 3.63) is 56.5 Å². The highest BCUT2D eigenvalue weighted by Crippen LogP contribution is 2.35. The number of nitrogens with one attached hydrogen (secondary N) is 1. The predicted octanol–water partition coefficient (Wildman–Crippen LogP) is 6.40. The molecule has 0 saturated carbocycles. The van der Waals surface area contributed by atoms with Gasteiger partial charge in [0.15, 0.2) is 5.17 Å². The van der Waals surface area contributed by atoms with Crippen LogP contribution in [0.25, 0.3) is 0 Å². The summed E-state index contributed by atoms with van der Waals surface area (Å²) in [6.07, 6.45) is 1.80. The molecule has 2 fully saturated rings. The van der Waals surface area contributed by atoms with Gasteiger partial charge in [0.05, 0.1) is 39.1 Å². The summed E-state index contributed by atoms with van der Waals surface area (Å²) in [5.74, 6) is -0.504. The Morgan fingerprint density at radius 2 is 1.94 bits per heavy atom. The van der Waals surface area contributed by atoms with Crippen molar-refractivity contribution >= 4 is 74.9 Å². The second-order valence-corrected chi connectivity index (χ2v) is 10.8. The molecule has 4 rings (SSSR count). The van der Waals surface area contributed by atoms with Gasteiger partial charge in [-0.15, -0.1) is 0 Å². The molecule has 0 aromatic heterocycles. The maximum Gasteiger partial charge on any atom is 0.242 e. The number of carbonyl (C=O) groups excluding carboxylic acids is 2. The van der Waals surface area contributed by atoms with Crippen LogP contribution in [0, 0.1) is 13.8 Å². The molecule has 2 aromatic rings. The maximum absolute atomic E-state index is 13.3. The van der Waals surface area contributed by atoms with E-state index in [0.717, 1.165) is 29.7 Å². The van der Waals surface area contributed by atoms with Gasteiger partial charge in [-0.2, -0.15) is 0 Å². The number of halogens is 3. The first-order valence-electron chi connectivity index (χ1n) is 10.9. The molecular formula is C24H24Cl3N3O3S. The Hall–Kier alpha value is -1.77. The number of rotatable bonds is 6. The van der Waals surface area contributed by atoms with Crippen LogP contribution in [0.1, 0.15) is 30.4 Å². The van der Waals surface area contributed by atoms with E-state index >= 15 is 0 Å². The highest BCUT2D eigenvalue weighted by atomic mass is 35.5. The molecule has 2 saturated heterocycles. The summed E-state index contributed by atoms with van der Waals surface area (Å²) in [6, 6.07) is 8.94. The average Bonchev–Trinajstić information content (AvgIpc) is 3.38. The van der Waals surface area contributed by atoms with Gasteiger partial charge in [0.25, 0.3) is 0 Å². The predicted molar refractivity (Wildman–Crippen MR) is 140 cm³/mol. The first-order chi connectivity index (χ1) is 16.2. The van der Waals surface area contributed by atoms with Crippen LogP contribution in [0.4, 0.5) is 11.4 Å². The van der Waals surface area contributed by atoms with Crippen molar-refractivity contribution in [3.63, 3.8) is 0 Å². The molecule has 0 unspecified atom stereocenters. The molecule has 2 heterocycles. The van der Waals surface area contributed by atoms with E-state index in [1.165, 1.54) is 23.9 Å². The van der Waals surface area contributed by atoms with Gasteiger partial charge in [-0.1, -0.05) is 64.3 Å². The van der Waals surface area contributed by atoms with E-state index in [4.69, 9.17) is 44.5 Å². The zero-order chi connectivity index (χ0) is 24.4.